The molecule has 0 saturated carbocycles. The molecule has 0 bridgehead atoms. The standard InChI is InChI=1S/C11H15FN2S/c1-3-14(4-2)10-6-5-8(11(13)15)7-9(10)12/h5-7H,3-4H2,1-2H3,(H2,13,15). The first-order valence-corrected chi connectivity index (χ1v) is 5.35. The summed E-state index contributed by atoms with van der Waals surface area (Å²) in [5.41, 5.74) is 6.59. The Kier molecular flexibility index (Phi) is 4.03. The van der Waals surface area contributed by atoms with E-state index in [9.17, 15) is 4.39 Å². The van der Waals surface area contributed by atoms with Crippen molar-refractivity contribution in [3.8, 4) is 0 Å². The van der Waals surface area contributed by atoms with Crippen LogP contribution in [-0.2, 0) is 0 Å². The number of benzene rings is 1. The van der Waals surface area contributed by atoms with Gasteiger partial charge in [-0.1, -0.05) is 12.2 Å². The third-order valence-corrected chi connectivity index (χ3v) is 2.57. The minimum absolute atomic E-state index is 0.222. The van der Waals surface area contributed by atoms with Gasteiger partial charge in [0.15, 0.2) is 0 Å². The summed E-state index contributed by atoms with van der Waals surface area (Å²) in [5, 5.41) is 0. The van der Waals surface area contributed by atoms with E-state index in [1.807, 2.05) is 18.7 Å². The minimum Gasteiger partial charge on any atom is -0.389 e. The molecule has 1 aromatic carbocycles. The zero-order valence-corrected chi connectivity index (χ0v) is 9.77. The van der Waals surface area contributed by atoms with Crippen molar-refractivity contribution in [1.29, 1.82) is 0 Å². The molecular weight excluding hydrogens is 211 g/mol. The van der Waals surface area contributed by atoms with E-state index in [4.69, 9.17) is 18.0 Å². The van der Waals surface area contributed by atoms with Crippen molar-refractivity contribution in [2.24, 2.45) is 5.73 Å². The molecule has 0 spiro atoms. The molecule has 0 saturated heterocycles. The molecule has 15 heavy (non-hydrogen) atoms. The van der Waals surface area contributed by atoms with E-state index in [-0.39, 0.29) is 10.8 Å². The van der Waals surface area contributed by atoms with Crippen LogP contribution in [0.25, 0.3) is 0 Å². The fourth-order valence-corrected chi connectivity index (χ4v) is 1.61. The van der Waals surface area contributed by atoms with Gasteiger partial charge in [-0.3, -0.25) is 0 Å². The molecule has 0 fully saturated rings. The normalized spacial score (nSPS) is 10.1. The first-order chi connectivity index (χ1) is 7.10. The first-order valence-electron chi connectivity index (χ1n) is 4.94. The monoisotopic (exact) mass is 226 g/mol. The average molecular weight is 226 g/mol. The van der Waals surface area contributed by atoms with E-state index in [0.717, 1.165) is 13.1 Å². The molecule has 82 valence electrons. The Bertz CT molecular complexity index is 362. The smallest absolute Gasteiger partial charge is 0.147 e. The van der Waals surface area contributed by atoms with Gasteiger partial charge in [-0.15, -0.1) is 0 Å². The van der Waals surface area contributed by atoms with Gasteiger partial charge < -0.3 is 10.6 Å². The molecule has 0 aromatic heterocycles. The van der Waals surface area contributed by atoms with Crippen LogP contribution in [0.1, 0.15) is 19.4 Å². The van der Waals surface area contributed by atoms with Gasteiger partial charge in [0.05, 0.1) is 5.69 Å². The fraction of sp³-hybridized carbons (Fsp3) is 0.364. The number of nitrogens with two attached hydrogens (primary N) is 1. The topological polar surface area (TPSA) is 29.3 Å². The Balaban J connectivity index is 3.07. The van der Waals surface area contributed by atoms with E-state index in [1.165, 1.54) is 6.07 Å². The van der Waals surface area contributed by atoms with Gasteiger partial charge in [-0.05, 0) is 32.0 Å². The minimum atomic E-state index is -0.274. The maximum Gasteiger partial charge on any atom is 0.147 e. The highest BCUT2D eigenvalue weighted by Crippen LogP contribution is 2.20. The number of rotatable bonds is 4. The van der Waals surface area contributed by atoms with Gasteiger partial charge >= 0.3 is 0 Å². The van der Waals surface area contributed by atoms with Crippen LogP contribution < -0.4 is 10.6 Å². The number of thiocarbonyl (C=S) groups is 1. The van der Waals surface area contributed by atoms with Gasteiger partial charge in [0.1, 0.15) is 10.8 Å². The Morgan fingerprint density at radius 3 is 2.40 bits per heavy atom. The predicted molar refractivity (Wildman–Crippen MR) is 65.8 cm³/mol. The summed E-state index contributed by atoms with van der Waals surface area (Å²) in [4.78, 5) is 2.17. The predicted octanol–water partition coefficient (Wildman–Crippen LogP) is 2.31. The maximum absolute atomic E-state index is 13.7. The second kappa shape index (κ2) is 5.07. The first kappa shape index (κ1) is 11.9. The van der Waals surface area contributed by atoms with Crippen LogP contribution in [0.4, 0.5) is 10.1 Å². The summed E-state index contributed by atoms with van der Waals surface area (Å²) in [6.07, 6.45) is 0. The Labute approximate surface area is 94.9 Å². The number of anilines is 1. The van der Waals surface area contributed by atoms with Crippen LogP contribution in [-0.4, -0.2) is 18.1 Å². The molecule has 4 heteroatoms. The molecule has 0 aliphatic carbocycles. The Hall–Kier alpha value is -1.16. The highest BCUT2D eigenvalue weighted by atomic mass is 32.1. The van der Waals surface area contributed by atoms with Crippen LogP contribution in [0.5, 0.6) is 0 Å². The van der Waals surface area contributed by atoms with Crippen molar-refractivity contribution in [2.45, 2.75) is 13.8 Å². The maximum atomic E-state index is 13.7. The van der Waals surface area contributed by atoms with Crippen LogP contribution in [0.15, 0.2) is 18.2 Å². The fourth-order valence-electron chi connectivity index (χ4n) is 1.48. The van der Waals surface area contributed by atoms with E-state index in [0.29, 0.717) is 11.3 Å². The molecule has 0 atom stereocenters. The Morgan fingerprint density at radius 1 is 1.40 bits per heavy atom. The van der Waals surface area contributed by atoms with Crippen molar-refractivity contribution in [3.05, 3.63) is 29.6 Å². The lowest BCUT2D eigenvalue weighted by atomic mass is 10.2. The molecule has 0 aliphatic heterocycles. The van der Waals surface area contributed by atoms with Crippen molar-refractivity contribution < 1.29 is 4.39 Å². The molecule has 0 unspecified atom stereocenters. The van der Waals surface area contributed by atoms with Crippen LogP contribution >= 0.6 is 12.2 Å². The third kappa shape index (κ3) is 2.65. The van der Waals surface area contributed by atoms with E-state index in [2.05, 4.69) is 0 Å². The number of hydrogen-bond donors (Lipinski definition) is 1. The van der Waals surface area contributed by atoms with Gasteiger partial charge in [-0.2, -0.15) is 0 Å². The molecule has 0 aliphatic rings. The number of halogens is 1. The van der Waals surface area contributed by atoms with Gasteiger partial charge in [0.25, 0.3) is 0 Å². The summed E-state index contributed by atoms with van der Waals surface area (Å²) in [6, 6.07) is 4.85. The van der Waals surface area contributed by atoms with E-state index >= 15 is 0 Å². The molecule has 1 rings (SSSR count). The molecule has 0 heterocycles. The van der Waals surface area contributed by atoms with Crippen LogP contribution in [0.2, 0.25) is 0 Å². The highest BCUT2D eigenvalue weighted by Gasteiger charge is 2.09. The molecule has 2 N–H and O–H groups in total. The van der Waals surface area contributed by atoms with Crippen molar-refractivity contribution in [1.82, 2.24) is 0 Å². The summed E-state index contributed by atoms with van der Waals surface area (Å²) in [5.74, 6) is -0.274. The molecule has 0 amide bonds. The average Bonchev–Trinajstić information content (AvgIpc) is 2.21. The van der Waals surface area contributed by atoms with Crippen molar-refractivity contribution in [3.63, 3.8) is 0 Å². The zero-order chi connectivity index (χ0) is 11.4. The van der Waals surface area contributed by atoms with Gasteiger partial charge in [0.2, 0.25) is 0 Å². The quantitative estimate of drug-likeness (QED) is 0.799. The van der Waals surface area contributed by atoms with Crippen molar-refractivity contribution >= 4 is 22.9 Å². The molecule has 2 nitrogen and oxygen atoms in total. The lowest BCUT2D eigenvalue weighted by Crippen LogP contribution is -2.23. The molecule has 0 radical (unpaired) electrons. The van der Waals surface area contributed by atoms with E-state index < -0.39 is 0 Å². The SMILES string of the molecule is CCN(CC)c1ccc(C(N)=S)cc1F. The number of nitrogens with zero attached hydrogens (tertiary/aromatic N) is 1. The summed E-state index contributed by atoms with van der Waals surface area (Å²) >= 11 is 4.78. The Morgan fingerprint density at radius 2 is 2.00 bits per heavy atom. The van der Waals surface area contributed by atoms with Crippen LogP contribution in [0.3, 0.4) is 0 Å². The van der Waals surface area contributed by atoms with Gasteiger partial charge in [-0.25, -0.2) is 4.39 Å². The van der Waals surface area contributed by atoms with E-state index in [1.54, 1.807) is 12.1 Å². The van der Waals surface area contributed by atoms with Crippen LogP contribution in [0, 0.1) is 5.82 Å². The second-order valence-corrected chi connectivity index (χ2v) is 3.64. The summed E-state index contributed by atoms with van der Waals surface area (Å²) in [6.45, 7) is 5.54. The lowest BCUT2D eigenvalue weighted by molar-refractivity contribution is 0.619. The highest BCUT2D eigenvalue weighted by molar-refractivity contribution is 7.80. The largest absolute Gasteiger partial charge is 0.389 e. The van der Waals surface area contributed by atoms with Crippen molar-refractivity contribution in [2.75, 3.05) is 18.0 Å². The third-order valence-electron chi connectivity index (χ3n) is 2.34. The lowest BCUT2D eigenvalue weighted by Gasteiger charge is -2.21. The molecular formula is C11H15FN2S. The molecule has 1 aromatic rings. The summed E-state index contributed by atoms with van der Waals surface area (Å²) < 4.78 is 13.7. The second-order valence-electron chi connectivity index (χ2n) is 3.20. The summed E-state index contributed by atoms with van der Waals surface area (Å²) in [7, 11) is 0. The number of hydrogen-bond acceptors (Lipinski definition) is 2. The zero-order valence-electron chi connectivity index (χ0n) is 8.96. The van der Waals surface area contributed by atoms with Gasteiger partial charge in [0, 0.05) is 18.7 Å².